The van der Waals surface area contributed by atoms with Crippen LogP contribution in [0.1, 0.15) is 16.7 Å². The molecule has 3 rings (SSSR count). The van der Waals surface area contributed by atoms with Crippen molar-refractivity contribution in [3.8, 4) is 0 Å². The molecule has 4 heteroatoms. The minimum absolute atomic E-state index is 0.318. The SMILES string of the molecule is CN(Cc1ccccc1)C1=N[N+](=O)Cc2ccccc21. The van der Waals surface area contributed by atoms with Crippen molar-refractivity contribution in [1.82, 2.24) is 4.90 Å². The zero-order valence-corrected chi connectivity index (χ0v) is 11.4. The summed E-state index contributed by atoms with van der Waals surface area (Å²) in [5, 5.41) is 4.14. The summed E-state index contributed by atoms with van der Waals surface area (Å²) >= 11 is 0. The van der Waals surface area contributed by atoms with E-state index in [0.29, 0.717) is 6.54 Å². The first-order valence-electron chi connectivity index (χ1n) is 6.60. The van der Waals surface area contributed by atoms with Crippen LogP contribution < -0.4 is 0 Å². The molecule has 1 aliphatic rings. The highest BCUT2D eigenvalue weighted by molar-refractivity contribution is 5.99. The largest absolute Gasteiger partial charge is 0.350 e. The van der Waals surface area contributed by atoms with Crippen molar-refractivity contribution in [3.63, 3.8) is 0 Å². The molecule has 0 atom stereocenters. The van der Waals surface area contributed by atoms with Gasteiger partial charge in [-0.15, -0.1) is 0 Å². The van der Waals surface area contributed by atoms with Gasteiger partial charge in [0.25, 0.3) is 6.54 Å². The Labute approximate surface area is 117 Å². The minimum Gasteiger partial charge on any atom is -0.350 e. The number of hydrogen-bond donors (Lipinski definition) is 0. The third kappa shape index (κ3) is 2.45. The summed E-state index contributed by atoms with van der Waals surface area (Å²) < 4.78 is 0. The topological polar surface area (TPSA) is 35.7 Å². The zero-order chi connectivity index (χ0) is 13.9. The highest BCUT2D eigenvalue weighted by Gasteiger charge is 2.27. The lowest BCUT2D eigenvalue weighted by Crippen LogP contribution is -2.32. The second kappa shape index (κ2) is 5.25. The number of nitroso groups, excluding NO2 is 1. The highest BCUT2D eigenvalue weighted by atomic mass is 16.3. The van der Waals surface area contributed by atoms with Gasteiger partial charge in [-0.25, -0.2) is 0 Å². The summed E-state index contributed by atoms with van der Waals surface area (Å²) in [7, 11) is 1.96. The maximum Gasteiger partial charge on any atom is 0.254 e. The fourth-order valence-corrected chi connectivity index (χ4v) is 2.43. The summed E-state index contributed by atoms with van der Waals surface area (Å²) in [4.78, 5) is 14.5. The van der Waals surface area contributed by atoms with Gasteiger partial charge in [-0.1, -0.05) is 54.6 Å². The summed E-state index contributed by atoms with van der Waals surface area (Å²) in [6, 6.07) is 18.1. The molecule has 0 aliphatic carbocycles. The maximum atomic E-state index is 11.7. The van der Waals surface area contributed by atoms with E-state index in [1.165, 1.54) is 5.56 Å². The quantitative estimate of drug-likeness (QED) is 0.784. The lowest BCUT2D eigenvalue weighted by Gasteiger charge is -2.21. The van der Waals surface area contributed by atoms with Gasteiger partial charge in [0.05, 0.1) is 10.0 Å². The normalized spacial score (nSPS) is 13.7. The van der Waals surface area contributed by atoms with Gasteiger partial charge in [0.2, 0.25) is 5.84 Å². The van der Waals surface area contributed by atoms with E-state index >= 15 is 0 Å². The highest BCUT2D eigenvalue weighted by Crippen LogP contribution is 2.19. The molecule has 0 amide bonds. The van der Waals surface area contributed by atoms with Gasteiger partial charge in [0, 0.05) is 24.7 Å². The second-order valence-electron chi connectivity index (χ2n) is 4.93. The molecule has 0 bridgehead atoms. The Kier molecular flexibility index (Phi) is 3.29. The maximum absolute atomic E-state index is 11.7. The molecular formula is C16H16N3O+. The summed E-state index contributed by atoms with van der Waals surface area (Å²) in [5.74, 6) is 0.728. The molecule has 2 aromatic rings. The Balaban J connectivity index is 1.90. The van der Waals surface area contributed by atoms with Crippen LogP contribution in [0.3, 0.4) is 0 Å². The van der Waals surface area contributed by atoms with Crippen molar-refractivity contribution in [2.24, 2.45) is 5.10 Å². The van der Waals surface area contributed by atoms with Crippen LogP contribution in [0.4, 0.5) is 0 Å². The molecular weight excluding hydrogens is 250 g/mol. The first-order valence-corrected chi connectivity index (χ1v) is 6.60. The lowest BCUT2D eigenvalue weighted by molar-refractivity contribution is -0.572. The molecule has 100 valence electrons. The summed E-state index contributed by atoms with van der Waals surface area (Å²) in [6.07, 6.45) is 0. The summed E-state index contributed by atoms with van der Waals surface area (Å²) in [6.45, 7) is 1.04. The molecule has 0 saturated heterocycles. The molecule has 0 fully saturated rings. The van der Waals surface area contributed by atoms with Crippen molar-refractivity contribution in [2.75, 3.05) is 7.05 Å². The molecule has 0 saturated carbocycles. The van der Waals surface area contributed by atoms with Crippen LogP contribution in [-0.2, 0) is 13.1 Å². The van der Waals surface area contributed by atoms with Crippen LogP contribution >= 0.6 is 0 Å². The van der Waals surface area contributed by atoms with E-state index in [4.69, 9.17) is 0 Å². The summed E-state index contributed by atoms with van der Waals surface area (Å²) in [5.41, 5.74) is 3.25. The molecule has 1 heterocycles. The predicted molar refractivity (Wildman–Crippen MR) is 78.2 cm³/mol. The monoisotopic (exact) mass is 266 g/mol. The predicted octanol–water partition coefficient (Wildman–Crippen LogP) is 2.77. The first kappa shape index (κ1) is 12.5. The van der Waals surface area contributed by atoms with Crippen molar-refractivity contribution < 1.29 is 4.87 Å². The standard InChI is InChI=1S/C16H16N3O/c1-18(11-13-7-3-2-4-8-13)16-15-10-6-5-9-14(15)12-19(20)17-16/h2-10H,11-12H2,1H3/q+1. The average molecular weight is 266 g/mol. The van der Waals surface area contributed by atoms with E-state index < -0.39 is 0 Å². The Morgan fingerprint density at radius 2 is 1.80 bits per heavy atom. The van der Waals surface area contributed by atoms with Gasteiger partial charge in [-0.3, -0.25) is 0 Å². The first-order chi connectivity index (χ1) is 9.74. The Bertz CT molecular complexity index is 664. The molecule has 4 nitrogen and oxygen atoms in total. The van der Waals surface area contributed by atoms with Gasteiger partial charge in [-0.2, -0.15) is 0 Å². The molecule has 20 heavy (non-hydrogen) atoms. The molecule has 1 aliphatic heterocycles. The minimum atomic E-state index is 0.318. The van der Waals surface area contributed by atoms with E-state index in [1.54, 1.807) is 0 Å². The van der Waals surface area contributed by atoms with E-state index in [2.05, 4.69) is 17.2 Å². The van der Waals surface area contributed by atoms with Crippen molar-refractivity contribution in [1.29, 1.82) is 0 Å². The van der Waals surface area contributed by atoms with Gasteiger partial charge in [0.15, 0.2) is 4.87 Å². The second-order valence-corrected chi connectivity index (χ2v) is 4.93. The number of rotatable bonds is 2. The molecule has 0 aromatic heterocycles. The average Bonchev–Trinajstić information content (AvgIpc) is 2.47. The Morgan fingerprint density at radius 3 is 2.60 bits per heavy atom. The van der Waals surface area contributed by atoms with Crippen molar-refractivity contribution in [3.05, 3.63) is 76.2 Å². The third-order valence-electron chi connectivity index (χ3n) is 3.39. The van der Waals surface area contributed by atoms with Gasteiger partial charge < -0.3 is 4.90 Å². The van der Waals surface area contributed by atoms with Crippen molar-refractivity contribution in [2.45, 2.75) is 13.1 Å². The fourth-order valence-electron chi connectivity index (χ4n) is 2.43. The lowest BCUT2D eigenvalue weighted by atomic mass is 10.0. The molecule has 0 spiro atoms. The van der Waals surface area contributed by atoms with Crippen LogP contribution in [0.15, 0.2) is 59.7 Å². The number of hydrogen-bond acceptors (Lipinski definition) is 2. The fraction of sp³-hybridized carbons (Fsp3) is 0.188. The van der Waals surface area contributed by atoms with Gasteiger partial charge in [0.1, 0.15) is 0 Å². The molecule has 2 aromatic carbocycles. The Morgan fingerprint density at radius 1 is 1.10 bits per heavy atom. The molecule has 0 unspecified atom stereocenters. The van der Waals surface area contributed by atoms with Crippen LogP contribution in [0.5, 0.6) is 0 Å². The third-order valence-corrected chi connectivity index (χ3v) is 3.39. The van der Waals surface area contributed by atoms with E-state index in [-0.39, 0.29) is 0 Å². The van der Waals surface area contributed by atoms with E-state index in [9.17, 15) is 4.91 Å². The number of fused-ring (bicyclic) bond motifs is 1. The van der Waals surface area contributed by atoms with Crippen LogP contribution in [0.25, 0.3) is 0 Å². The number of nitrogens with zero attached hydrogens (tertiary/aromatic N) is 3. The molecule has 0 radical (unpaired) electrons. The van der Waals surface area contributed by atoms with Crippen LogP contribution in [-0.4, -0.2) is 22.7 Å². The number of amidine groups is 1. The number of benzene rings is 2. The number of hydrazone groups is 1. The smallest absolute Gasteiger partial charge is 0.254 e. The van der Waals surface area contributed by atoms with E-state index in [1.807, 2.05) is 54.4 Å². The van der Waals surface area contributed by atoms with Crippen LogP contribution in [0.2, 0.25) is 0 Å². The molecule has 0 N–H and O–H groups in total. The van der Waals surface area contributed by atoms with Crippen molar-refractivity contribution >= 4 is 5.84 Å². The Hall–Kier alpha value is -2.49. The van der Waals surface area contributed by atoms with Gasteiger partial charge >= 0.3 is 0 Å². The van der Waals surface area contributed by atoms with E-state index in [0.717, 1.165) is 28.4 Å². The van der Waals surface area contributed by atoms with Crippen LogP contribution in [0, 0.1) is 4.91 Å². The van der Waals surface area contributed by atoms with Gasteiger partial charge in [-0.05, 0) is 5.56 Å². The zero-order valence-electron chi connectivity index (χ0n) is 11.4.